The molecule has 0 aromatic carbocycles. The lowest BCUT2D eigenvalue weighted by molar-refractivity contribution is 0.255. The number of rotatable bonds is 9. The van der Waals surface area contributed by atoms with Crippen molar-refractivity contribution in [1.82, 2.24) is 30.3 Å². The third kappa shape index (κ3) is 5.52. The first-order valence-electron chi connectivity index (χ1n) is 9.98. The first-order valence-corrected chi connectivity index (χ1v) is 10.9. The van der Waals surface area contributed by atoms with E-state index in [2.05, 4.69) is 61.7 Å². The Morgan fingerprint density at radius 3 is 2.85 bits per heavy atom. The monoisotopic (exact) mass is 389 g/mol. The minimum atomic E-state index is 0.382. The number of nitrogens with zero attached hydrogens (tertiary/aromatic N) is 5. The molecule has 1 fully saturated rings. The van der Waals surface area contributed by atoms with E-state index in [-0.39, 0.29) is 0 Å². The summed E-state index contributed by atoms with van der Waals surface area (Å²) < 4.78 is 2.09. The quantitative estimate of drug-likeness (QED) is 0.509. The molecule has 2 aromatic rings. The van der Waals surface area contributed by atoms with E-state index in [0.717, 1.165) is 44.4 Å². The molecule has 0 bridgehead atoms. The van der Waals surface area contributed by atoms with E-state index >= 15 is 0 Å². The van der Waals surface area contributed by atoms with Crippen LogP contribution in [0, 0.1) is 0 Å². The van der Waals surface area contributed by atoms with E-state index in [9.17, 15) is 0 Å². The summed E-state index contributed by atoms with van der Waals surface area (Å²) >= 11 is 1.83. The molecule has 2 aromatic heterocycles. The second kappa shape index (κ2) is 10.4. The van der Waals surface area contributed by atoms with Crippen LogP contribution >= 0.6 is 11.3 Å². The molecule has 2 N–H and O–H groups in total. The molecule has 7 nitrogen and oxygen atoms in total. The highest BCUT2D eigenvalue weighted by molar-refractivity contribution is 7.10. The van der Waals surface area contributed by atoms with Crippen molar-refractivity contribution in [3.63, 3.8) is 0 Å². The molecular weight excluding hydrogens is 358 g/mol. The van der Waals surface area contributed by atoms with Crippen LogP contribution in [-0.2, 0) is 13.0 Å². The zero-order chi connectivity index (χ0) is 18.9. The van der Waals surface area contributed by atoms with E-state index < -0.39 is 0 Å². The van der Waals surface area contributed by atoms with Crippen molar-refractivity contribution in [2.75, 3.05) is 32.7 Å². The molecule has 8 heteroatoms. The fraction of sp³-hybridized carbons (Fsp3) is 0.632. The molecule has 27 heavy (non-hydrogen) atoms. The van der Waals surface area contributed by atoms with Crippen LogP contribution in [-0.4, -0.2) is 58.3 Å². The fourth-order valence-electron chi connectivity index (χ4n) is 3.47. The van der Waals surface area contributed by atoms with Crippen LogP contribution in [0.25, 0.3) is 0 Å². The fourth-order valence-corrected chi connectivity index (χ4v) is 4.33. The molecule has 1 saturated heterocycles. The van der Waals surface area contributed by atoms with Crippen LogP contribution in [0.1, 0.15) is 43.4 Å². The van der Waals surface area contributed by atoms with Gasteiger partial charge in [0.25, 0.3) is 0 Å². The molecule has 1 aliphatic rings. The molecule has 0 amide bonds. The highest BCUT2D eigenvalue weighted by Gasteiger charge is 2.24. The normalized spacial score (nSPS) is 16.6. The number of likely N-dealkylation sites (tertiary alicyclic amines) is 1. The largest absolute Gasteiger partial charge is 0.357 e. The molecule has 1 atom stereocenters. The second-order valence-corrected chi connectivity index (χ2v) is 7.69. The van der Waals surface area contributed by atoms with Gasteiger partial charge < -0.3 is 15.2 Å². The molecule has 0 radical (unpaired) electrons. The van der Waals surface area contributed by atoms with Gasteiger partial charge in [0.15, 0.2) is 5.96 Å². The second-order valence-electron chi connectivity index (χ2n) is 6.71. The van der Waals surface area contributed by atoms with E-state index in [1.54, 1.807) is 6.33 Å². The standard InChI is InChI=1S/C19H31N7S/c1-3-18-24-23-15-26(18)12-9-21-19(20-4-2)22-14-16(17-8-7-13-27-17)25-10-5-6-11-25/h7-8,13,15-16H,3-6,9-12,14H2,1-2H3,(H2,20,21,22). The predicted molar refractivity (Wildman–Crippen MR) is 111 cm³/mol. The lowest BCUT2D eigenvalue weighted by Crippen LogP contribution is -2.39. The number of thiophene rings is 1. The Morgan fingerprint density at radius 2 is 2.15 bits per heavy atom. The zero-order valence-electron chi connectivity index (χ0n) is 16.4. The number of hydrogen-bond donors (Lipinski definition) is 2. The third-order valence-corrected chi connectivity index (χ3v) is 5.85. The average molecular weight is 390 g/mol. The van der Waals surface area contributed by atoms with Crippen molar-refractivity contribution in [2.24, 2.45) is 4.99 Å². The number of aryl methyl sites for hydroxylation is 1. The predicted octanol–water partition coefficient (Wildman–Crippen LogP) is 2.29. The first kappa shape index (κ1) is 19.8. The Labute approximate surface area is 165 Å². The molecule has 1 aliphatic heterocycles. The third-order valence-electron chi connectivity index (χ3n) is 4.88. The zero-order valence-corrected chi connectivity index (χ0v) is 17.2. The van der Waals surface area contributed by atoms with Gasteiger partial charge in [-0.1, -0.05) is 13.0 Å². The number of aliphatic imine (C=N–C) groups is 1. The van der Waals surface area contributed by atoms with Gasteiger partial charge in [-0.05, 0) is 44.3 Å². The first-order chi connectivity index (χ1) is 13.3. The van der Waals surface area contributed by atoms with E-state index in [4.69, 9.17) is 4.99 Å². The smallest absolute Gasteiger partial charge is 0.191 e. The Balaban J connectivity index is 1.59. The number of nitrogens with one attached hydrogen (secondary N) is 2. The van der Waals surface area contributed by atoms with Crippen molar-refractivity contribution in [3.05, 3.63) is 34.5 Å². The molecule has 0 saturated carbocycles. The van der Waals surface area contributed by atoms with Crippen molar-refractivity contribution < 1.29 is 0 Å². The van der Waals surface area contributed by atoms with Crippen molar-refractivity contribution in [1.29, 1.82) is 0 Å². The highest BCUT2D eigenvalue weighted by Crippen LogP contribution is 2.28. The summed E-state index contributed by atoms with van der Waals surface area (Å²) in [5.74, 6) is 1.90. The lowest BCUT2D eigenvalue weighted by atomic mass is 10.2. The Bertz CT molecular complexity index is 689. The summed E-state index contributed by atoms with van der Waals surface area (Å²) in [5, 5.41) is 17.1. The number of aromatic nitrogens is 3. The average Bonchev–Trinajstić information content (AvgIpc) is 3.44. The summed E-state index contributed by atoms with van der Waals surface area (Å²) in [5.41, 5.74) is 0. The summed E-state index contributed by atoms with van der Waals surface area (Å²) in [4.78, 5) is 8.88. The van der Waals surface area contributed by atoms with Crippen LogP contribution in [0.5, 0.6) is 0 Å². The van der Waals surface area contributed by atoms with Crippen LogP contribution in [0.2, 0.25) is 0 Å². The molecule has 0 spiro atoms. The van der Waals surface area contributed by atoms with Crippen molar-refractivity contribution in [3.8, 4) is 0 Å². The Kier molecular flexibility index (Phi) is 7.65. The van der Waals surface area contributed by atoms with Crippen molar-refractivity contribution in [2.45, 2.75) is 45.7 Å². The topological polar surface area (TPSA) is 70.4 Å². The van der Waals surface area contributed by atoms with Gasteiger partial charge >= 0.3 is 0 Å². The van der Waals surface area contributed by atoms with Gasteiger partial charge in [-0.2, -0.15) is 0 Å². The van der Waals surface area contributed by atoms with Crippen LogP contribution in [0.15, 0.2) is 28.8 Å². The summed E-state index contributed by atoms with van der Waals surface area (Å²) in [6, 6.07) is 4.76. The molecular formula is C19H31N7S. The van der Waals surface area contributed by atoms with Gasteiger partial charge in [0.1, 0.15) is 12.2 Å². The lowest BCUT2D eigenvalue weighted by Gasteiger charge is -2.25. The maximum Gasteiger partial charge on any atom is 0.191 e. The molecule has 3 heterocycles. The van der Waals surface area contributed by atoms with Gasteiger partial charge in [0, 0.05) is 30.9 Å². The number of hydrogen-bond acceptors (Lipinski definition) is 5. The molecule has 0 aliphatic carbocycles. The summed E-state index contributed by atoms with van der Waals surface area (Å²) in [6.45, 7) is 9.82. The Morgan fingerprint density at radius 1 is 1.30 bits per heavy atom. The van der Waals surface area contributed by atoms with E-state index in [1.165, 1.54) is 30.8 Å². The van der Waals surface area contributed by atoms with E-state index in [1.807, 2.05) is 11.3 Å². The summed E-state index contributed by atoms with van der Waals surface area (Å²) in [6.07, 6.45) is 5.28. The molecule has 148 valence electrons. The van der Waals surface area contributed by atoms with Crippen LogP contribution in [0.4, 0.5) is 0 Å². The summed E-state index contributed by atoms with van der Waals surface area (Å²) in [7, 11) is 0. The minimum absolute atomic E-state index is 0.382. The SMILES string of the molecule is CCNC(=NCC(c1cccs1)N1CCCC1)NCCn1cnnc1CC. The van der Waals surface area contributed by atoms with Gasteiger partial charge in [-0.15, -0.1) is 21.5 Å². The Hall–Kier alpha value is -1.93. The number of guanidine groups is 1. The molecule has 1 unspecified atom stereocenters. The maximum atomic E-state index is 4.89. The van der Waals surface area contributed by atoms with Crippen LogP contribution in [0.3, 0.4) is 0 Å². The van der Waals surface area contributed by atoms with E-state index in [0.29, 0.717) is 6.04 Å². The van der Waals surface area contributed by atoms with Gasteiger partial charge in [-0.25, -0.2) is 0 Å². The van der Waals surface area contributed by atoms with Gasteiger partial charge in [0.2, 0.25) is 0 Å². The maximum absolute atomic E-state index is 4.89. The van der Waals surface area contributed by atoms with Crippen molar-refractivity contribution >= 4 is 17.3 Å². The highest BCUT2D eigenvalue weighted by atomic mass is 32.1. The molecule has 3 rings (SSSR count). The van der Waals surface area contributed by atoms with Crippen LogP contribution < -0.4 is 10.6 Å². The minimum Gasteiger partial charge on any atom is -0.357 e. The van der Waals surface area contributed by atoms with Gasteiger partial charge in [-0.3, -0.25) is 9.89 Å². The van der Waals surface area contributed by atoms with Gasteiger partial charge in [0.05, 0.1) is 12.6 Å².